The summed E-state index contributed by atoms with van der Waals surface area (Å²) in [6.07, 6.45) is 0. The smallest absolute Gasteiger partial charge is 0.0575 e. The van der Waals surface area contributed by atoms with E-state index >= 15 is 0 Å². The predicted molar refractivity (Wildman–Crippen MR) is 59.9 cm³/mol. The largest absolute Gasteiger partial charge is 0.397 e. The average Bonchev–Trinajstić information content (AvgIpc) is 1.93. The minimum atomic E-state index is 0. The zero-order valence-corrected chi connectivity index (χ0v) is 9.09. The lowest BCUT2D eigenvalue weighted by Gasteiger charge is -2.11. The molecule has 2 nitrogen and oxygen atoms in total. The van der Waals surface area contributed by atoms with Gasteiger partial charge in [0.2, 0.25) is 0 Å². The molecular weight excluding hydrogens is 216 g/mol. The molecule has 0 saturated heterocycles. The molecule has 0 aliphatic rings. The Morgan fingerprint density at radius 1 is 1.25 bits per heavy atom. The van der Waals surface area contributed by atoms with E-state index in [0.29, 0.717) is 6.04 Å². The Bertz CT molecular complexity index is 236. The molecule has 0 aliphatic heterocycles. The summed E-state index contributed by atoms with van der Waals surface area (Å²) < 4.78 is 0. The minimum Gasteiger partial charge on any atom is -0.397 e. The Kier molecular flexibility index (Phi) is 4.74. The Hall–Kier alpha value is -0.700. The molecule has 0 bridgehead atoms. The van der Waals surface area contributed by atoms with Gasteiger partial charge in [0, 0.05) is 6.04 Å². The third kappa shape index (κ3) is 3.13. The van der Waals surface area contributed by atoms with Crippen molar-refractivity contribution in [1.29, 1.82) is 0 Å². The van der Waals surface area contributed by atoms with Crippen LogP contribution in [0.5, 0.6) is 0 Å². The van der Waals surface area contributed by atoms with Crippen LogP contribution in [-0.4, -0.2) is 6.04 Å². The van der Waals surface area contributed by atoms with Gasteiger partial charge in [-0.15, -0.1) is 17.0 Å². The molecule has 0 spiro atoms. The first kappa shape index (κ1) is 11.3. The Balaban J connectivity index is 0.00000121. The highest BCUT2D eigenvalue weighted by molar-refractivity contribution is 8.93. The summed E-state index contributed by atoms with van der Waals surface area (Å²) in [6, 6.07) is 8.21. The summed E-state index contributed by atoms with van der Waals surface area (Å²) in [6.45, 7) is 4.18. The van der Waals surface area contributed by atoms with Gasteiger partial charge in [-0.3, -0.25) is 0 Å². The van der Waals surface area contributed by atoms with Crippen LogP contribution in [0.3, 0.4) is 0 Å². The Labute approximate surface area is 83.9 Å². The van der Waals surface area contributed by atoms with Crippen LogP contribution >= 0.6 is 17.0 Å². The van der Waals surface area contributed by atoms with Gasteiger partial charge in [0.25, 0.3) is 0 Å². The maximum atomic E-state index is 5.71. The first-order valence-electron chi connectivity index (χ1n) is 3.81. The summed E-state index contributed by atoms with van der Waals surface area (Å²) in [7, 11) is 0. The summed E-state index contributed by atoms with van der Waals surface area (Å²) in [5, 5.41) is 3.25. The molecule has 3 N–H and O–H groups in total. The van der Waals surface area contributed by atoms with Crippen molar-refractivity contribution in [3.63, 3.8) is 0 Å². The van der Waals surface area contributed by atoms with Gasteiger partial charge in [-0.25, -0.2) is 0 Å². The van der Waals surface area contributed by atoms with Gasteiger partial charge < -0.3 is 11.1 Å². The van der Waals surface area contributed by atoms with Crippen LogP contribution in [0.1, 0.15) is 13.8 Å². The van der Waals surface area contributed by atoms with E-state index in [2.05, 4.69) is 19.2 Å². The van der Waals surface area contributed by atoms with Crippen molar-refractivity contribution < 1.29 is 0 Å². The third-order valence-electron chi connectivity index (χ3n) is 1.40. The van der Waals surface area contributed by atoms with Crippen molar-refractivity contribution in [2.24, 2.45) is 0 Å². The molecule has 0 aliphatic carbocycles. The van der Waals surface area contributed by atoms with Gasteiger partial charge in [0.05, 0.1) is 11.4 Å². The van der Waals surface area contributed by atoms with Gasteiger partial charge in [-0.2, -0.15) is 0 Å². The number of nitrogen functional groups attached to an aromatic ring is 1. The number of anilines is 2. The van der Waals surface area contributed by atoms with E-state index in [-0.39, 0.29) is 17.0 Å². The number of hydrogen-bond donors (Lipinski definition) is 2. The van der Waals surface area contributed by atoms with Crippen molar-refractivity contribution in [2.45, 2.75) is 19.9 Å². The summed E-state index contributed by atoms with van der Waals surface area (Å²) in [5.41, 5.74) is 7.53. The van der Waals surface area contributed by atoms with Crippen molar-refractivity contribution in [3.05, 3.63) is 24.3 Å². The second-order valence-corrected chi connectivity index (χ2v) is 2.89. The van der Waals surface area contributed by atoms with Crippen LogP contribution < -0.4 is 11.1 Å². The van der Waals surface area contributed by atoms with Crippen molar-refractivity contribution in [3.8, 4) is 0 Å². The van der Waals surface area contributed by atoms with E-state index in [9.17, 15) is 0 Å². The van der Waals surface area contributed by atoms with Crippen LogP contribution in [-0.2, 0) is 0 Å². The van der Waals surface area contributed by atoms with Crippen LogP contribution in [0.2, 0.25) is 0 Å². The predicted octanol–water partition coefficient (Wildman–Crippen LogP) is 2.67. The summed E-state index contributed by atoms with van der Waals surface area (Å²) in [5.74, 6) is 0. The molecule has 0 atom stereocenters. The highest BCUT2D eigenvalue weighted by Crippen LogP contribution is 2.17. The molecule has 0 unspecified atom stereocenters. The monoisotopic (exact) mass is 230 g/mol. The highest BCUT2D eigenvalue weighted by Gasteiger charge is 1.96. The van der Waals surface area contributed by atoms with Gasteiger partial charge >= 0.3 is 0 Å². The van der Waals surface area contributed by atoms with E-state index in [1.807, 2.05) is 24.3 Å². The van der Waals surface area contributed by atoms with Crippen LogP contribution in [0, 0.1) is 0 Å². The second-order valence-electron chi connectivity index (χ2n) is 2.89. The second kappa shape index (κ2) is 5.04. The molecule has 1 aromatic carbocycles. The molecule has 0 radical (unpaired) electrons. The Morgan fingerprint density at radius 3 is 2.33 bits per heavy atom. The standard InChI is InChI=1S/C9H14N2.BrH/c1-7(2)11-9-6-4-3-5-8(9)10;/h3-7,11H,10H2,1-2H3;1H. The van der Waals surface area contributed by atoms with Gasteiger partial charge in [0.1, 0.15) is 0 Å². The van der Waals surface area contributed by atoms with E-state index in [1.165, 1.54) is 0 Å². The fourth-order valence-corrected chi connectivity index (χ4v) is 0.939. The van der Waals surface area contributed by atoms with Gasteiger partial charge in [-0.05, 0) is 26.0 Å². The SMILES string of the molecule is Br.CC(C)Nc1ccccc1N. The molecule has 3 heteroatoms. The fourth-order valence-electron chi connectivity index (χ4n) is 0.939. The molecule has 0 heterocycles. The number of halogens is 1. The normalized spacial score (nSPS) is 9.25. The number of nitrogens with two attached hydrogens (primary N) is 1. The van der Waals surface area contributed by atoms with Crippen molar-refractivity contribution >= 4 is 28.4 Å². The maximum Gasteiger partial charge on any atom is 0.0575 e. The quantitative estimate of drug-likeness (QED) is 0.768. The molecule has 68 valence electrons. The van der Waals surface area contributed by atoms with E-state index < -0.39 is 0 Å². The molecular formula is C9H15BrN2. The average molecular weight is 231 g/mol. The number of para-hydroxylation sites is 2. The third-order valence-corrected chi connectivity index (χ3v) is 1.40. The van der Waals surface area contributed by atoms with Crippen molar-refractivity contribution in [2.75, 3.05) is 11.1 Å². The number of benzene rings is 1. The highest BCUT2D eigenvalue weighted by atomic mass is 79.9. The van der Waals surface area contributed by atoms with Crippen LogP contribution in [0.15, 0.2) is 24.3 Å². The van der Waals surface area contributed by atoms with Crippen LogP contribution in [0.25, 0.3) is 0 Å². The number of hydrogen-bond acceptors (Lipinski definition) is 2. The molecule has 0 fully saturated rings. The molecule has 0 aromatic heterocycles. The Morgan fingerprint density at radius 2 is 1.83 bits per heavy atom. The molecule has 1 rings (SSSR count). The lowest BCUT2D eigenvalue weighted by atomic mass is 10.2. The van der Waals surface area contributed by atoms with Gasteiger partial charge in [-0.1, -0.05) is 12.1 Å². The molecule has 12 heavy (non-hydrogen) atoms. The van der Waals surface area contributed by atoms with Crippen molar-refractivity contribution in [1.82, 2.24) is 0 Å². The minimum absolute atomic E-state index is 0. The van der Waals surface area contributed by atoms with E-state index in [4.69, 9.17) is 5.73 Å². The van der Waals surface area contributed by atoms with E-state index in [1.54, 1.807) is 0 Å². The fraction of sp³-hybridized carbons (Fsp3) is 0.333. The zero-order chi connectivity index (χ0) is 8.27. The molecule has 0 amide bonds. The topological polar surface area (TPSA) is 38.0 Å². The summed E-state index contributed by atoms with van der Waals surface area (Å²) in [4.78, 5) is 0. The lowest BCUT2D eigenvalue weighted by molar-refractivity contribution is 0.900. The zero-order valence-electron chi connectivity index (χ0n) is 7.37. The first-order valence-corrected chi connectivity index (χ1v) is 3.81. The number of nitrogens with one attached hydrogen (secondary N) is 1. The molecule has 1 aromatic rings. The van der Waals surface area contributed by atoms with E-state index in [0.717, 1.165) is 11.4 Å². The lowest BCUT2D eigenvalue weighted by Crippen LogP contribution is -2.10. The summed E-state index contributed by atoms with van der Waals surface area (Å²) >= 11 is 0. The first-order chi connectivity index (χ1) is 5.20. The molecule has 0 saturated carbocycles. The maximum absolute atomic E-state index is 5.71. The number of rotatable bonds is 2. The van der Waals surface area contributed by atoms with Crippen LogP contribution in [0.4, 0.5) is 11.4 Å². The van der Waals surface area contributed by atoms with Gasteiger partial charge in [0.15, 0.2) is 0 Å².